The molecule has 1 N–H and O–H groups in total. The van der Waals surface area contributed by atoms with E-state index in [-0.39, 0.29) is 11.5 Å². The average molecular weight is 221 g/mol. The summed E-state index contributed by atoms with van der Waals surface area (Å²) in [5.41, 5.74) is 1.04. The Kier molecular flexibility index (Phi) is 2.95. The average Bonchev–Trinajstić information content (AvgIpc) is 2.95. The fraction of sp³-hybridized carbons (Fsp3) is 0.462. The normalized spacial score (nSPS) is 22.9. The Labute approximate surface area is 94.9 Å². The molecule has 0 radical (unpaired) electrons. The molecule has 86 valence electrons. The van der Waals surface area contributed by atoms with Gasteiger partial charge in [0, 0.05) is 6.54 Å². The number of hydrogen-bond acceptors (Lipinski definition) is 1. The Hall–Kier alpha value is -1.38. The van der Waals surface area contributed by atoms with Crippen molar-refractivity contribution >= 4 is 5.91 Å². The number of carbonyl (C=O) groups excluding carboxylic acids is 1. The van der Waals surface area contributed by atoms with Crippen LogP contribution in [-0.4, -0.2) is 12.5 Å². The molecule has 0 aliphatic heterocycles. The second kappa shape index (κ2) is 4.24. The fourth-order valence-corrected chi connectivity index (χ4v) is 1.82. The first kappa shape index (κ1) is 11.1. The molecule has 1 fully saturated rings. The molecule has 0 heterocycles. The van der Waals surface area contributed by atoms with Crippen LogP contribution >= 0.6 is 0 Å². The van der Waals surface area contributed by atoms with E-state index in [4.69, 9.17) is 0 Å². The standard InChI is InChI=1S/C13H16FNO/c1-8-3-4-12(14)11(5-8)13(16)15-7-10-6-9(10)2/h3-5,9-10H,6-7H2,1-2H3,(H,15,16). The van der Waals surface area contributed by atoms with Crippen molar-refractivity contribution in [1.29, 1.82) is 0 Å². The fourth-order valence-electron chi connectivity index (χ4n) is 1.82. The second-order valence-corrected chi connectivity index (χ2v) is 4.67. The van der Waals surface area contributed by atoms with Gasteiger partial charge in [0.25, 0.3) is 5.91 Å². The predicted octanol–water partition coefficient (Wildman–Crippen LogP) is 2.52. The molecule has 1 aromatic carbocycles. The van der Waals surface area contributed by atoms with Crippen LogP contribution in [0.25, 0.3) is 0 Å². The first-order chi connectivity index (χ1) is 7.58. The highest BCUT2D eigenvalue weighted by Crippen LogP contribution is 2.36. The number of rotatable bonds is 3. The van der Waals surface area contributed by atoms with Gasteiger partial charge in [-0.3, -0.25) is 4.79 Å². The molecule has 1 saturated carbocycles. The highest BCUT2D eigenvalue weighted by atomic mass is 19.1. The molecule has 2 rings (SSSR count). The summed E-state index contributed by atoms with van der Waals surface area (Å²) in [7, 11) is 0. The summed E-state index contributed by atoms with van der Waals surface area (Å²) in [6.45, 7) is 4.66. The predicted molar refractivity (Wildman–Crippen MR) is 60.7 cm³/mol. The van der Waals surface area contributed by atoms with Gasteiger partial charge < -0.3 is 5.32 Å². The minimum atomic E-state index is -0.452. The molecular weight excluding hydrogens is 205 g/mol. The lowest BCUT2D eigenvalue weighted by Crippen LogP contribution is -2.26. The summed E-state index contributed by atoms with van der Waals surface area (Å²) in [5, 5.41) is 2.78. The quantitative estimate of drug-likeness (QED) is 0.834. The van der Waals surface area contributed by atoms with Crippen LogP contribution in [0.3, 0.4) is 0 Å². The van der Waals surface area contributed by atoms with Gasteiger partial charge >= 0.3 is 0 Å². The van der Waals surface area contributed by atoms with E-state index in [1.54, 1.807) is 12.1 Å². The van der Waals surface area contributed by atoms with E-state index in [1.807, 2.05) is 6.92 Å². The van der Waals surface area contributed by atoms with Gasteiger partial charge in [-0.2, -0.15) is 0 Å². The maximum absolute atomic E-state index is 13.4. The van der Waals surface area contributed by atoms with Gasteiger partial charge in [0.15, 0.2) is 0 Å². The highest BCUT2D eigenvalue weighted by Gasteiger charge is 2.32. The molecule has 0 spiro atoms. The van der Waals surface area contributed by atoms with E-state index < -0.39 is 5.82 Å². The summed E-state index contributed by atoms with van der Waals surface area (Å²) in [4.78, 5) is 11.7. The summed E-state index contributed by atoms with van der Waals surface area (Å²) in [6.07, 6.45) is 1.16. The minimum absolute atomic E-state index is 0.147. The molecule has 0 aromatic heterocycles. The molecule has 2 nitrogen and oxygen atoms in total. The topological polar surface area (TPSA) is 29.1 Å². The minimum Gasteiger partial charge on any atom is -0.352 e. The Morgan fingerprint density at radius 3 is 2.88 bits per heavy atom. The van der Waals surface area contributed by atoms with Crippen LogP contribution in [0.5, 0.6) is 0 Å². The molecule has 2 atom stereocenters. The molecule has 1 aliphatic carbocycles. The van der Waals surface area contributed by atoms with Crippen LogP contribution in [0.4, 0.5) is 4.39 Å². The molecule has 1 aliphatic rings. The van der Waals surface area contributed by atoms with Crippen molar-refractivity contribution in [3.8, 4) is 0 Å². The number of benzene rings is 1. The van der Waals surface area contributed by atoms with E-state index >= 15 is 0 Å². The molecule has 1 amide bonds. The number of amides is 1. The Bertz CT molecular complexity index is 416. The number of carbonyl (C=O) groups is 1. The maximum atomic E-state index is 13.4. The van der Waals surface area contributed by atoms with Crippen LogP contribution < -0.4 is 5.32 Å². The van der Waals surface area contributed by atoms with Crippen LogP contribution in [0.2, 0.25) is 0 Å². The molecule has 16 heavy (non-hydrogen) atoms. The van der Waals surface area contributed by atoms with Crippen molar-refractivity contribution in [2.24, 2.45) is 11.8 Å². The molecule has 2 unspecified atom stereocenters. The van der Waals surface area contributed by atoms with Crippen LogP contribution in [0.15, 0.2) is 18.2 Å². The molecule has 0 saturated heterocycles. The lowest BCUT2D eigenvalue weighted by molar-refractivity contribution is 0.0947. The van der Waals surface area contributed by atoms with Gasteiger partial charge in [-0.15, -0.1) is 0 Å². The third kappa shape index (κ3) is 2.40. The van der Waals surface area contributed by atoms with Crippen LogP contribution in [0.1, 0.15) is 29.3 Å². The van der Waals surface area contributed by atoms with Crippen molar-refractivity contribution in [3.05, 3.63) is 35.1 Å². The van der Waals surface area contributed by atoms with Gasteiger partial charge in [0.2, 0.25) is 0 Å². The summed E-state index contributed by atoms with van der Waals surface area (Å²) in [5.74, 6) is 0.520. The van der Waals surface area contributed by atoms with Gasteiger partial charge in [-0.25, -0.2) is 4.39 Å². The maximum Gasteiger partial charge on any atom is 0.254 e. The molecule has 0 bridgehead atoms. The third-order valence-electron chi connectivity index (χ3n) is 3.17. The first-order valence-electron chi connectivity index (χ1n) is 5.62. The van der Waals surface area contributed by atoms with E-state index in [1.165, 1.54) is 6.07 Å². The summed E-state index contributed by atoms with van der Waals surface area (Å²) in [6, 6.07) is 4.58. The Morgan fingerprint density at radius 2 is 2.25 bits per heavy atom. The lowest BCUT2D eigenvalue weighted by atomic mass is 10.1. The van der Waals surface area contributed by atoms with Gasteiger partial charge in [-0.1, -0.05) is 18.6 Å². The zero-order valence-corrected chi connectivity index (χ0v) is 9.59. The van der Waals surface area contributed by atoms with Crippen LogP contribution in [-0.2, 0) is 0 Å². The van der Waals surface area contributed by atoms with Crippen molar-refractivity contribution in [2.45, 2.75) is 20.3 Å². The molecule has 1 aromatic rings. The number of halogens is 1. The van der Waals surface area contributed by atoms with Crippen molar-refractivity contribution in [2.75, 3.05) is 6.54 Å². The Balaban J connectivity index is 1.99. The smallest absolute Gasteiger partial charge is 0.254 e. The summed E-state index contributed by atoms with van der Waals surface area (Å²) < 4.78 is 13.4. The number of hydrogen-bond donors (Lipinski definition) is 1. The third-order valence-corrected chi connectivity index (χ3v) is 3.17. The lowest BCUT2D eigenvalue weighted by Gasteiger charge is -2.06. The van der Waals surface area contributed by atoms with Crippen molar-refractivity contribution in [1.82, 2.24) is 5.32 Å². The monoisotopic (exact) mass is 221 g/mol. The number of aryl methyl sites for hydroxylation is 1. The van der Waals surface area contributed by atoms with Crippen molar-refractivity contribution in [3.63, 3.8) is 0 Å². The first-order valence-corrected chi connectivity index (χ1v) is 5.62. The zero-order valence-electron chi connectivity index (χ0n) is 9.59. The SMILES string of the molecule is Cc1ccc(F)c(C(=O)NCC2CC2C)c1. The highest BCUT2D eigenvalue weighted by molar-refractivity contribution is 5.94. The zero-order chi connectivity index (χ0) is 11.7. The van der Waals surface area contributed by atoms with E-state index in [0.717, 1.165) is 12.0 Å². The van der Waals surface area contributed by atoms with Gasteiger partial charge in [-0.05, 0) is 37.3 Å². The molecule has 3 heteroatoms. The van der Waals surface area contributed by atoms with E-state index in [2.05, 4.69) is 12.2 Å². The van der Waals surface area contributed by atoms with Crippen molar-refractivity contribution < 1.29 is 9.18 Å². The van der Waals surface area contributed by atoms with Gasteiger partial charge in [0.05, 0.1) is 5.56 Å². The number of nitrogens with one attached hydrogen (secondary N) is 1. The second-order valence-electron chi connectivity index (χ2n) is 4.67. The largest absolute Gasteiger partial charge is 0.352 e. The molecular formula is C13H16FNO. The van der Waals surface area contributed by atoms with E-state index in [0.29, 0.717) is 18.4 Å². The van der Waals surface area contributed by atoms with Gasteiger partial charge in [0.1, 0.15) is 5.82 Å². The summed E-state index contributed by atoms with van der Waals surface area (Å²) >= 11 is 0. The van der Waals surface area contributed by atoms with Crippen LogP contribution in [0, 0.1) is 24.6 Å². The Morgan fingerprint density at radius 1 is 1.56 bits per heavy atom. The van der Waals surface area contributed by atoms with E-state index in [9.17, 15) is 9.18 Å².